The summed E-state index contributed by atoms with van der Waals surface area (Å²) in [6, 6.07) is 0. The Morgan fingerprint density at radius 3 is 2.41 bits per heavy atom. The van der Waals surface area contributed by atoms with Gasteiger partial charge in [-0.05, 0) is 50.9 Å². The summed E-state index contributed by atoms with van der Waals surface area (Å²) in [4.78, 5) is 25.7. The third-order valence-corrected chi connectivity index (χ3v) is 5.39. The van der Waals surface area contributed by atoms with Crippen molar-refractivity contribution in [2.24, 2.45) is 23.5 Å². The zero-order valence-electron chi connectivity index (χ0n) is 13.3. The average Bonchev–Trinajstić information content (AvgIpc) is 3.24. The number of hydrogen-bond donors (Lipinski definition) is 1. The first-order valence-electron chi connectivity index (χ1n) is 8.44. The fourth-order valence-electron chi connectivity index (χ4n) is 3.77. The number of ether oxygens (including phenoxy) is 1. The molecule has 2 saturated heterocycles. The number of piperidine rings is 1. The minimum atomic E-state index is -0.246. The number of primary amides is 1. The van der Waals surface area contributed by atoms with Crippen LogP contribution in [0.2, 0.25) is 0 Å². The molecule has 0 unspecified atom stereocenters. The van der Waals surface area contributed by atoms with Gasteiger partial charge in [0.2, 0.25) is 11.8 Å². The summed E-state index contributed by atoms with van der Waals surface area (Å²) in [5.74, 6) is 0.733. The molecule has 122 valence electrons. The molecule has 0 radical (unpaired) electrons. The number of nitrogens with two attached hydrogens (primary N) is 1. The summed E-state index contributed by atoms with van der Waals surface area (Å²) in [5, 5.41) is 0. The topological polar surface area (TPSA) is 72.6 Å². The van der Waals surface area contributed by atoms with Crippen molar-refractivity contribution in [2.45, 2.75) is 45.1 Å². The Morgan fingerprint density at radius 1 is 1.14 bits per heavy atom. The highest BCUT2D eigenvalue weighted by molar-refractivity contribution is 5.88. The predicted molar refractivity (Wildman–Crippen MR) is 82.8 cm³/mol. The van der Waals surface area contributed by atoms with Crippen molar-refractivity contribution in [3.63, 3.8) is 0 Å². The molecule has 5 heteroatoms. The number of likely N-dealkylation sites (tertiary alicyclic amines) is 1. The number of nitrogens with zero attached hydrogens (tertiary/aromatic N) is 1. The molecule has 1 aliphatic carbocycles. The zero-order chi connectivity index (χ0) is 15.7. The normalized spacial score (nSPS) is 30.6. The lowest BCUT2D eigenvalue weighted by Crippen LogP contribution is -2.43. The number of carbonyl (C=O) groups excluding carboxylic acids is 2. The Kier molecular flexibility index (Phi) is 4.52. The van der Waals surface area contributed by atoms with E-state index >= 15 is 0 Å². The van der Waals surface area contributed by atoms with Crippen LogP contribution in [-0.4, -0.2) is 42.5 Å². The van der Waals surface area contributed by atoms with Gasteiger partial charge in [-0.2, -0.15) is 0 Å². The molecule has 1 saturated carbocycles. The van der Waals surface area contributed by atoms with Crippen molar-refractivity contribution >= 4 is 11.8 Å². The molecule has 0 spiro atoms. The highest BCUT2D eigenvalue weighted by Gasteiger charge is 2.39. The molecule has 0 aromatic heterocycles. The highest BCUT2D eigenvalue weighted by atomic mass is 16.5. The van der Waals surface area contributed by atoms with Gasteiger partial charge in [0.05, 0.1) is 12.0 Å². The molecule has 0 aromatic rings. The van der Waals surface area contributed by atoms with Gasteiger partial charge in [0.15, 0.2) is 0 Å². The number of amides is 2. The van der Waals surface area contributed by atoms with Crippen LogP contribution < -0.4 is 5.73 Å². The molecule has 22 heavy (non-hydrogen) atoms. The molecule has 2 amide bonds. The van der Waals surface area contributed by atoms with Crippen molar-refractivity contribution < 1.29 is 14.3 Å². The Bertz CT molecular complexity index is 476. The Labute approximate surface area is 131 Å². The summed E-state index contributed by atoms with van der Waals surface area (Å²) < 4.78 is 5.75. The minimum Gasteiger partial charge on any atom is -0.377 e. The molecule has 3 rings (SSSR count). The maximum Gasteiger partial charge on any atom is 0.246 e. The molecule has 5 nitrogen and oxygen atoms in total. The fourth-order valence-corrected chi connectivity index (χ4v) is 3.77. The van der Waals surface area contributed by atoms with Gasteiger partial charge in [-0.15, -0.1) is 0 Å². The van der Waals surface area contributed by atoms with Gasteiger partial charge in [0.25, 0.3) is 0 Å². The maximum absolute atomic E-state index is 12.3. The average molecular weight is 306 g/mol. The van der Waals surface area contributed by atoms with Crippen LogP contribution in [0.3, 0.4) is 0 Å². The van der Waals surface area contributed by atoms with E-state index in [1.807, 2.05) is 11.0 Å². The number of allylic oxidation sites excluding steroid dienone is 1. The van der Waals surface area contributed by atoms with E-state index in [0.29, 0.717) is 18.4 Å². The van der Waals surface area contributed by atoms with Crippen molar-refractivity contribution in [1.82, 2.24) is 4.90 Å². The standard InChI is InChI=1S/C17H26N2O3/c1-11(12-2-3-12)10-15(20)19-7-4-13(5-8-19)16-14(17(18)21)6-9-22-16/h10,12-14,16H,2-9H2,1H3,(H2,18,21)/b11-10+/t14-,16+/m0/s1. The summed E-state index contributed by atoms with van der Waals surface area (Å²) in [7, 11) is 0. The lowest BCUT2D eigenvalue weighted by atomic mass is 9.84. The first-order valence-corrected chi connectivity index (χ1v) is 8.44. The number of rotatable bonds is 4. The van der Waals surface area contributed by atoms with Gasteiger partial charge >= 0.3 is 0 Å². The van der Waals surface area contributed by atoms with Gasteiger partial charge in [-0.25, -0.2) is 0 Å². The highest BCUT2D eigenvalue weighted by Crippen LogP contribution is 2.36. The van der Waals surface area contributed by atoms with Crippen LogP contribution in [0.25, 0.3) is 0 Å². The van der Waals surface area contributed by atoms with Gasteiger partial charge in [-0.3, -0.25) is 9.59 Å². The van der Waals surface area contributed by atoms with Gasteiger partial charge in [0, 0.05) is 25.8 Å². The molecule has 3 fully saturated rings. The quantitative estimate of drug-likeness (QED) is 0.799. The summed E-state index contributed by atoms with van der Waals surface area (Å²) in [6.45, 7) is 4.19. The van der Waals surface area contributed by atoms with Crippen molar-refractivity contribution in [2.75, 3.05) is 19.7 Å². The van der Waals surface area contributed by atoms with Crippen LogP contribution in [0.15, 0.2) is 11.6 Å². The van der Waals surface area contributed by atoms with Crippen LogP contribution in [0, 0.1) is 17.8 Å². The molecular formula is C17H26N2O3. The number of carbonyl (C=O) groups is 2. The molecule has 0 aromatic carbocycles. The first kappa shape index (κ1) is 15.5. The third-order valence-electron chi connectivity index (χ3n) is 5.39. The summed E-state index contributed by atoms with van der Waals surface area (Å²) in [5.41, 5.74) is 6.69. The van der Waals surface area contributed by atoms with Crippen molar-refractivity contribution in [1.29, 1.82) is 0 Å². The van der Waals surface area contributed by atoms with Crippen LogP contribution >= 0.6 is 0 Å². The first-order chi connectivity index (χ1) is 10.6. The van der Waals surface area contributed by atoms with Gasteiger partial charge in [0.1, 0.15) is 0 Å². The molecular weight excluding hydrogens is 280 g/mol. The lowest BCUT2D eigenvalue weighted by Gasteiger charge is -2.35. The van der Waals surface area contributed by atoms with E-state index in [0.717, 1.165) is 32.4 Å². The van der Waals surface area contributed by atoms with E-state index in [4.69, 9.17) is 10.5 Å². The second-order valence-electron chi connectivity index (χ2n) is 6.96. The molecule has 2 aliphatic heterocycles. The second-order valence-corrected chi connectivity index (χ2v) is 6.96. The van der Waals surface area contributed by atoms with E-state index in [1.165, 1.54) is 18.4 Å². The zero-order valence-corrected chi connectivity index (χ0v) is 13.3. The van der Waals surface area contributed by atoms with E-state index in [9.17, 15) is 9.59 Å². The van der Waals surface area contributed by atoms with Crippen LogP contribution in [0.1, 0.15) is 39.0 Å². The van der Waals surface area contributed by atoms with Crippen molar-refractivity contribution in [3.05, 3.63) is 11.6 Å². The van der Waals surface area contributed by atoms with E-state index < -0.39 is 0 Å². The Hall–Kier alpha value is -1.36. The Morgan fingerprint density at radius 2 is 1.82 bits per heavy atom. The van der Waals surface area contributed by atoms with Gasteiger partial charge < -0.3 is 15.4 Å². The minimum absolute atomic E-state index is 0.0431. The lowest BCUT2D eigenvalue weighted by molar-refractivity contribution is -0.130. The summed E-state index contributed by atoms with van der Waals surface area (Å²) in [6.07, 6.45) is 6.76. The monoisotopic (exact) mass is 306 g/mol. The molecule has 0 bridgehead atoms. The SMILES string of the molecule is C/C(=C\C(=O)N1CCC([C@H]2OCC[C@@H]2C(N)=O)CC1)C1CC1. The van der Waals surface area contributed by atoms with E-state index in [-0.39, 0.29) is 23.8 Å². The maximum atomic E-state index is 12.3. The molecule has 2 N–H and O–H groups in total. The smallest absolute Gasteiger partial charge is 0.246 e. The second kappa shape index (κ2) is 6.41. The van der Waals surface area contributed by atoms with E-state index in [2.05, 4.69) is 6.92 Å². The molecule has 2 heterocycles. The number of hydrogen-bond acceptors (Lipinski definition) is 3. The van der Waals surface area contributed by atoms with Crippen molar-refractivity contribution in [3.8, 4) is 0 Å². The molecule has 2 atom stereocenters. The van der Waals surface area contributed by atoms with Crippen LogP contribution in [0.5, 0.6) is 0 Å². The third kappa shape index (κ3) is 3.35. The summed E-state index contributed by atoms with van der Waals surface area (Å²) >= 11 is 0. The molecule has 3 aliphatic rings. The van der Waals surface area contributed by atoms with Crippen LogP contribution in [-0.2, 0) is 14.3 Å². The van der Waals surface area contributed by atoms with Crippen LogP contribution in [0.4, 0.5) is 0 Å². The fraction of sp³-hybridized carbons (Fsp3) is 0.765. The predicted octanol–water partition coefficient (Wildman–Crippen LogP) is 1.47. The largest absolute Gasteiger partial charge is 0.377 e. The van der Waals surface area contributed by atoms with Gasteiger partial charge in [-0.1, -0.05) is 5.57 Å². The van der Waals surface area contributed by atoms with E-state index in [1.54, 1.807) is 0 Å². The Balaban J connectivity index is 1.52.